The van der Waals surface area contributed by atoms with E-state index in [9.17, 15) is 4.79 Å². The summed E-state index contributed by atoms with van der Waals surface area (Å²) in [7, 11) is 0. The molecule has 3 aromatic rings. The molecule has 0 bridgehead atoms. The highest BCUT2D eigenvalue weighted by Crippen LogP contribution is 2.24. The molecule has 7 heteroatoms. The first-order chi connectivity index (χ1) is 11.8. The number of benzene rings is 2. The van der Waals surface area contributed by atoms with Gasteiger partial charge < -0.3 is 0 Å². The van der Waals surface area contributed by atoms with Crippen LogP contribution in [0, 0.1) is 0 Å². The molecule has 0 unspecified atom stereocenters. The van der Waals surface area contributed by atoms with Crippen LogP contribution < -0.4 is 16.1 Å². The molecule has 0 spiro atoms. The molecule has 24 heavy (non-hydrogen) atoms. The molecular formula is C17H11N5OS. The van der Waals surface area contributed by atoms with Gasteiger partial charge in [0.15, 0.2) is 0 Å². The normalized spacial score (nSPS) is 12.8. The number of rotatable bonds is 4. The molecule has 6 nitrogen and oxygen atoms in total. The second kappa shape index (κ2) is 6.13. The highest BCUT2D eigenvalue weighted by atomic mass is 32.1. The Kier molecular flexibility index (Phi) is 3.68. The first kappa shape index (κ1) is 14.4. The summed E-state index contributed by atoms with van der Waals surface area (Å²) in [6.45, 7) is 0. The second-order valence-corrected chi connectivity index (χ2v) is 5.85. The SMILES string of the molecule is O=C1N=c2cccc(C=NNc3nc(-c4ccccc4)cs3)c2=N1. The van der Waals surface area contributed by atoms with Crippen LogP contribution in [-0.2, 0) is 0 Å². The standard InChI is InChI=1S/C17H11N5OS/c23-16-19-13-8-4-7-12(15(13)21-16)9-18-22-17-20-14(10-24-17)11-5-2-1-3-6-11/h1-10H,(H,20,22). The van der Waals surface area contributed by atoms with Gasteiger partial charge in [-0.1, -0.05) is 42.5 Å². The average Bonchev–Trinajstić information content (AvgIpc) is 3.22. The van der Waals surface area contributed by atoms with Gasteiger partial charge in [-0.25, -0.2) is 9.78 Å². The van der Waals surface area contributed by atoms with Gasteiger partial charge >= 0.3 is 6.03 Å². The molecule has 4 rings (SSSR count). The number of hydrogen-bond donors (Lipinski definition) is 1. The summed E-state index contributed by atoms with van der Waals surface area (Å²) in [5.41, 5.74) is 5.60. The maximum absolute atomic E-state index is 11.3. The van der Waals surface area contributed by atoms with Gasteiger partial charge in [-0.15, -0.1) is 11.3 Å². The molecule has 1 N–H and O–H groups in total. The predicted molar refractivity (Wildman–Crippen MR) is 92.9 cm³/mol. The lowest BCUT2D eigenvalue weighted by Gasteiger charge is -1.95. The Morgan fingerprint density at radius 1 is 1.04 bits per heavy atom. The van der Waals surface area contributed by atoms with Crippen LogP contribution in [0.2, 0.25) is 0 Å². The first-order valence-corrected chi connectivity index (χ1v) is 8.08. The third kappa shape index (κ3) is 2.84. The fraction of sp³-hybridized carbons (Fsp3) is 0. The number of carbonyl (C=O) groups excluding carboxylic acids is 1. The van der Waals surface area contributed by atoms with E-state index in [1.807, 2.05) is 47.8 Å². The van der Waals surface area contributed by atoms with Crippen molar-refractivity contribution in [3.8, 4) is 11.3 Å². The molecule has 2 heterocycles. The second-order valence-electron chi connectivity index (χ2n) is 5.00. The summed E-state index contributed by atoms with van der Waals surface area (Å²) in [5, 5.41) is 7.97. The number of hydrogen-bond acceptors (Lipinski definition) is 5. The molecule has 0 saturated carbocycles. The average molecular weight is 333 g/mol. The summed E-state index contributed by atoms with van der Waals surface area (Å²) in [5.74, 6) is 0. The van der Waals surface area contributed by atoms with E-state index in [4.69, 9.17) is 0 Å². The van der Waals surface area contributed by atoms with E-state index in [0.717, 1.165) is 16.8 Å². The largest absolute Gasteiger partial charge is 0.368 e. The number of hydrazone groups is 1. The third-order valence-electron chi connectivity index (χ3n) is 3.41. The molecule has 0 aliphatic carbocycles. The van der Waals surface area contributed by atoms with Gasteiger partial charge in [-0.2, -0.15) is 15.1 Å². The van der Waals surface area contributed by atoms with Crippen molar-refractivity contribution in [1.82, 2.24) is 4.98 Å². The van der Waals surface area contributed by atoms with Crippen LogP contribution in [-0.4, -0.2) is 17.2 Å². The number of amides is 2. The maximum Gasteiger partial charge on any atom is 0.368 e. The predicted octanol–water partition coefficient (Wildman–Crippen LogP) is 2.63. The zero-order valence-electron chi connectivity index (χ0n) is 12.4. The minimum Gasteiger partial charge on any atom is -0.253 e. The molecule has 2 amide bonds. The van der Waals surface area contributed by atoms with Gasteiger partial charge in [-0.3, -0.25) is 5.43 Å². The first-order valence-electron chi connectivity index (χ1n) is 7.20. The van der Waals surface area contributed by atoms with Crippen molar-refractivity contribution in [2.75, 3.05) is 5.43 Å². The maximum atomic E-state index is 11.3. The third-order valence-corrected chi connectivity index (χ3v) is 4.15. The molecule has 2 aromatic carbocycles. The van der Waals surface area contributed by atoms with Crippen LogP contribution in [0.5, 0.6) is 0 Å². The molecule has 0 fully saturated rings. The molecule has 116 valence electrons. The number of nitrogens with zero attached hydrogens (tertiary/aromatic N) is 4. The number of fused-ring (bicyclic) bond motifs is 1. The number of thiazole rings is 1. The monoisotopic (exact) mass is 333 g/mol. The van der Waals surface area contributed by atoms with Crippen molar-refractivity contribution in [3.05, 3.63) is 70.2 Å². The molecule has 1 aliphatic heterocycles. The van der Waals surface area contributed by atoms with Crippen LogP contribution in [0.15, 0.2) is 69.0 Å². The summed E-state index contributed by atoms with van der Waals surface area (Å²) < 4.78 is 0. The van der Waals surface area contributed by atoms with Crippen molar-refractivity contribution in [3.63, 3.8) is 0 Å². The Labute approximate surface area is 140 Å². The molecule has 0 radical (unpaired) electrons. The van der Waals surface area contributed by atoms with Crippen LogP contribution in [0.1, 0.15) is 5.56 Å². The Morgan fingerprint density at radius 3 is 2.79 bits per heavy atom. The lowest BCUT2D eigenvalue weighted by molar-refractivity contribution is 0.256. The van der Waals surface area contributed by atoms with Gasteiger partial charge in [0.1, 0.15) is 5.36 Å². The van der Waals surface area contributed by atoms with Gasteiger partial charge in [0.05, 0.1) is 17.3 Å². The summed E-state index contributed by atoms with van der Waals surface area (Å²) >= 11 is 1.47. The van der Waals surface area contributed by atoms with Crippen molar-refractivity contribution in [2.24, 2.45) is 15.1 Å². The molecular weight excluding hydrogens is 322 g/mol. The highest BCUT2D eigenvalue weighted by Gasteiger charge is 2.07. The van der Waals surface area contributed by atoms with E-state index in [2.05, 4.69) is 25.5 Å². The minimum atomic E-state index is -0.480. The van der Waals surface area contributed by atoms with Crippen LogP contribution >= 0.6 is 11.3 Å². The number of aromatic nitrogens is 1. The van der Waals surface area contributed by atoms with E-state index < -0.39 is 6.03 Å². The smallest absolute Gasteiger partial charge is 0.253 e. The molecule has 1 aliphatic rings. The van der Waals surface area contributed by atoms with Gasteiger partial charge in [0.2, 0.25) is 5.13 Å². The van der Waals surface area contributed by atoms with Gasteiger partial charge in [0, 0.05) is 16.5 Å². The number of para-hydroxylation sites is 1. The van der Waals surface area contributed by atoms with Gasteiger partial charge in [-0.05, 0) is 6.07 Å². The number of anilines is 1. The quantitative estimate of drug-likeness (QED) is 0.589. The Bertz CT molecular complexity index is 1060. The Balaban J connectivity index is 1.53. The molecule has 1 aromatic heterocycles. The Morgan fingerprint density at radius 2 is 1.92 bits per heavy atom. The zero-order chi connectivity index (χ0) is 16.4. The van der Waals surface area contributed by atoms with Crippen LogP contribution in [0.25, 0.3) is 11.3 Å². The van der Waals surface area contributed by atoms with E-state index in [-0.39, 0.29) is 0 Å². The topological polar surface area (TPSA) is 79.1 Å². The minimum absolute atomic E-state index is 0.480. The van der Waals surface area contributed by atoms with Crippen molar-refractivity contribution >= 4 is 28.7 Å². The lowest BCUT2D eigenvalue weighted by Crippen LogP contribution is -2.25. The van der Waals surface area contributed by atoms with Crippen molar-refractivity contribution < 1.29 is 4.79 Å². The van der Waals surface area contributed by atoms with Crippen molar-refractivity contribution in [1.29, 1.82) is 0 Å². The number of urea groups is 1. The summed E-state index contributed by atoms with van der Waals surface area (Å²) in [4.78, 5) is 23.5. The van der Waals surface area contributed by atoms with Crippen molar-refractivity contribution in [2.45, 2.75) is 0 Å². The number of nitrogens with one attached hydrogen (secondary N) is 1. The highest BCUT2D eigenvalue weighted by molar-refractivity contribution is 7.14. The van der Waals surface area contributed by atoms with E-state index in [1.165, 1.54) is 11.3 Å². The van der Waals surface area contributed by atoms with E-state index >= 15 is 0 Å². The number of carbonyl (C=O) groups is 1. The molecule has 0 atom stereocenters. The fourth-order valence-electron chi connectivity index (χ4n) is 2.31. The lowest BCUT2D eigenvalue weighted by atomic mass is 10.2. The van der Waals surface area contributed by atoms with Crippen LogP contribution in [0.4, 0.5) is 9.93 Å². The van der Waals surface area contributed by atoms with E-state index in [1.54, 1.807) is 12.3 Å². The summed E-state index contributed by atoms with van der Waals surface area (Å²) in [6.07, 6.45) is 1.61. The molecule has 0 saturated heterocycles. The van der Waals surface area contributed by atoms with Gasteiger partial charge in [0.25, 0.3) is 0 Å². The van der Waals surface area contributed by atoms with Crippen LogP contribution in [0.3, 0.4) is 0 Å². The Hall–Kier alpha value is -3.19. The van der Waals surface area contributed by atoms with E-state index in [0.29, 0.717) is 15.8 Å². The fourth-order valence-corrected chi connectivity index (χ4v) is 2.98. The zero-order valence-corrected chi connectivity index (χ0v) is 13.2. The summed E-state index contributed by atoms with van der Waals surface area (Å²) in [6, 6.07) is 14.9.